The molecule has 0 bridgehead atoms. The summed E-state index contributed by atoms with van der Waals surface area (Å²) >= 11 is 3.24. The summed E-state index contributed by atoms with van der Waals surface area (Å²) in [6.45, 7) is 15.0. The van der Waals surface area contributed by atoms with Crippen molar-refractivity contribution in [3.8, 4) is 5.75 Å². The van der Waals surface area contributed by atoms with Crippen LogP contribution in [0.5, 0.6) is 5.75 Å². The first-order chi connectivity index (χ1) is 12.8. The summed E-state index contributed by atoms with van der Waals surface area (Å²) in [5.41, 5.74) is 1.42. The number of amides is 1. The van der Waals surface area contributed by atoms with Crippen LogP contribution in [0.1, 0.15) is 45.7 Å². The zero-order chi connectivity index (χ0) is 21.5. The first-order valence-electron chi connectivity index (χ1n) is 9.54. The highest BCUT2D eigenvalue weighted by atomic mass is 79.9. The summed E-state index contributed by atoms with van der Waals surface area (Å²) in [6.07, 6.45) is 0.416. The minimum Gasteiger partial charge on any atom is -0.543 e. The molecule has 1 unspecified atom stereocenters. The van der Waals surface area contributed by atoms with E-state index in [0.29, 0.717) is 6.42 Å². The van der Waals surface area contributed by atoms with Crippen molar-refractivity contribution in [3.05, 3.63) is 29.3 Å². The van der Waals surface area contributed by atoms with Gasteiger partial charge in [0.25, 0.3) is 0 Å². The molecule has 0 radical (unpaired) electrons. The number of ether oxygens (including phenoxy) is 1. The maximum Gasteiger partial charge on any atom is 0.328 e. The zero-order valence-electron chi connectivity index (χ0n) is 18.2. The van der Waals surface area contributed by atoms with Gasteiger partial charge in [0.2, 0.25) is 14.2 Å². The summed E-state index contributed by atoms with van der Waals surface area (Å²) < 4.78 is 11.5. The fraction of sp³-hybridized carbons (Fsp3) is 0.619. The lowest BCUT2D eigenvalue weighted by Gasteiger charge is -2.47. The molecule has 7 heteroatoms. The van der Waals surface area contributed by atoms with Crippen molar-refractivity contribution in [1.29, 1.82) is 0 Å². The zero-order valence-corrected chi connectivity index (χ0v) is 20.8. The van der Waals surface area contributed by atoms with Gasteiger partial charge in [-0.05, 0) is 55.2 Å². The topological polar surface area (TPSA) is 55.8 Å². The predicted molar refractivity (Wildman–Crippen MR) is 117 cm³/mol. The molecule has 1 aromatic rings. The third-order valence-corrected chi connectivity index (χ3v) is 10.9. The third kappa shape index (κ3) is 4.15. The van der Waals surface area contributed by atoms with Crippen molar-refractivity contribution in [1.82, 2.24) is 4.90 Å². The van der Waals surface area contributed by atoms with Gasteiger partial charge in [-0.15, -0.1) is 0 Å². The second kappa shape index (κ2) is 7.82. The van der Waals surface area contributed by atoms with Gasteiger partial charge in [-0.25, -0.2) is 4.79 Å². The molecular weight excluding hydrogens is 438 g/mol. The average molecular weight is 470 g/mol. The van der Waals surface area contributed by atoms with E-state index in [2.05, 4.69) is 49.8 Å². The number of halogens is 1. The second-order valence-electron chi connectivity index (χ2n) is 9.38. The molecule has 0 aliphatic carbocycles. The molecule has 156 valence electrons. The van der Waals surface area contributed by atoms with Crippen LogP contribution in [0, 0.1) is 0 Å². The highest BCUT2D eigenvalue weighted by molar-refractivity contribution is 9.09. The fourth-order valence-electron chi connectivity index (χ4n) is 3.54. The van der Waals surface area contributed by atoms with Crippen LogP contribution >= 0.6 is 15.9 Å². The molecule has 2 rings (SSSR count). The van der Waals surface area contributed by atoms with E-state index in [0.717, 1.165) is 16.9 Å². The molecule has 0 aromatic heterocycles. The highest BCUT2D eigenvalue weighted by Crippen LogP contribution is 2.42. The van der Waals surface area contributed by atoms with Gasteiger partial charge in [0.15, 0.2) is 0 Å². The molecule has 1 aliphatic rings. The van der Waals surface area contributed by atoms with Crippen molar-refractivity contribution in [2.24, 2.45) is 0 Å². The van der Waals surface area contributed by atoms with E-state index in [4.69, 9.17) is 9.16 Å². The number of benzene rings is 1. The first kappa shape index (κ1) is 22.9. The summed E-state index contributed by atoms with van der Waals surface area (Å²) in [5.74, 6) is 0.293. The first-order valence-corrected chi connectivity index (χ1v) is 13.6. The summed E-state index contributed by atoms with van der Waals surface area (Å²) in [5, 5.41) is 0.252. The Bertz CT molecular complexity index is 770. The number of methoxy groups -OCH3 is 1. The van der Waals surface area contributed by atoms with E-state index in [9.17, 15) is 9.59 Å². The van der Waals surface area contributed by atoms with E-state index in [1.807, 2.05) is 32.0 Å². The van der Waals surface area contributed by atoms with Crippen LogP contribution in [-0.2, 0) is 26.3 Å². The van der Waals surface area contributed by atoms with Gasteiger partial charge in [0, 0.05) is 6.42 Å². The number of hydrogen-bond donors (Lipinski definition) is 0. The van der Waals surface area contributed by atoms with E-state index in [1.165, 1.54) is 7.11 Å². The van der Waals surface area contributed by atoms with E-state index in [-0.39, 0.29) is 16.3 Å². The maximum absolute atomic E-state index is 12.6. The maximum atomic E-state index is 12.6. The Balaban J connectivity index is 2.51. The smallest absolute Gasteiger partial charge is 0.328 e. The summed E-state index contributed by atoms with van der Waals surface area (Å²) in [6, 6.07) is 5.39. The SMILES string of the molecule is COC(=O)C1Cc2cc(O[Si](C)(C)C(C)(C)C)ccc2C(C)(C)N1C(=O)CBr. The number of rotatable bonds is 4. The van der Waals surface area contributed by atoms with Crippen LogP contribution in [0.2, 0.25) is 18.1 Å². The molecule has 0 saturated heterocycles. The molecule has 0 N–H and O–H groups in total. The second-order valence-corrected chi connectivity index (χ2v) is 14.7. The Kier molecular flexibility index (Phi) is 6.41. The number of carbonyl (C=O) groups is 2. The molecule has 1 atom stereocenters. The minimum atomic E-state index is -1.97. The molecule has 5 nitrogen and oxygen atoms in total. The molecule has 1 aromatic carbocycles. The number of hydrogen-bond acceptors (Lipinski definition) is 4. The lowest BCUT2D eigenvalue weighted by Crippen LogP contribution is -2.59. The Hall–Kier alpha value is -1.34. The highest BCUT2D eigenvalue weighted by Gasteiger charge is 2.46. The van der Waals surface area contributed by atoms with E-state index in [1.54, 1.807) is 4.90 Å². The number of esters is 1. The molecule has 0 fully saturated rings. The van der Waals surface area contributed by atoms with Crippen LogP contribution in [-0.4, -0.2) is 43.6 Å². The van der Waals surface area contributed by atoms with Crippen LogP contribution in [0.15, 0.2) is 18.2 Å². The van der Waals surface area contributed by atoms with E-state index >= 15 is 0 Å². The van der Waals surface area contributed by atoms with Gasteiger partial charge < -0.3 is 14.1 Å². The Labute approximate surface area is 178 Å². The van der Waals surface area contributed by atoms with Crippen molar-refractivity contribution in [2.75, 3.05) is 12.4 Å². The molecule has 28 heavy (non-hydrogen) atoms. The number of nitrogens with zero attached hydrogens (tertiary/aromatic N) is 1. The molecule has 1 amide bonds. The van der Waals surface area contributed by atoms with Gasteiger partial charge >= 0.3 is 5.97 Å². The Morgan fingerprint density at radius 2 is 1.89 bits per heavy atom. The molecule has 1 aliphatic heterocycles. The predicted octanol–water partition coefficient (Wildman–Crippen LogP) is 4.63. The largest absolute Gasteiger partial charge is 0.543 e. The molecule has 1 heterocycles. The quantitative estimate of drug-likeness (QED) is 0.366. The fourth-order valence-corrected chi connectivity index (χ4v) is 4.83. The van der Waals surface area contributed by atoms with Crippen LogP contribution in [0.4, 0.5) is 0 Å². The third-order valence-electron chi connectivity index (χ3n) is 6.10. The van der Waals surface area contributed by atoms with Crippen LogP contribution in [0.25, 0.3) is 0 Å². The number of carbonyl (C=O) groups excluding carboxylic acids is 2. The number of fused-ring (bicyclic) bond motifs is 1. The van der Waals surface area contributed by atoms with Gasteiger partial charge in [-0.1, -0.05) is 42.8 Å². The molecular formula is C21H32BrNO4Si. The average Bonchev–Trinajstić information content (AvgIpc) is 2.58. The summed E-state index contributed by atoms with van der Waals surface area (Å²) in [4.78, 5) is 26.8. The minimum absolute atomic E-state index is 0.0931. The van der Waals surface area contributed by atoms with Crippen LogP contribution in [0.3, 0.4) is 0 Å². The lowest BCUT2D eigenvalue weighted by atomic mass is 9.80. The lowest BCUT2D eigenvalue weighted by molar-refractivity contribution is -0.158. The molecule has 0 saturated carbocycles. The van der Waals surface area contributed by atoms with Crippen LogP contribution < -0.4 is 4.43 Å². The Morgan fingerprint density at radius 3 is 2.39 bits per heavy atom. The van der Waals surface area contributed by atoms with Gasteiger partial charge in [0.1, 0.15) is 11.8 Å². The standard InChI is InChI=1S/C21H32BrNO4Si/c1-20(2,3)28(7,8)27-15-9-10-16-14(11-15)12-17(19(25)26-6)23(18(24)13-22)21(16,4)5/h9-11,17H,12-13H2,1-8H3. The van der Waals surface area contributed by atoms with Gasteiger partial charge in [-0.2, -0.15) is 0 Å². The van der Waals surface area contributed by atoms with Crippen molar-refractivity contribution < 1.29 is 18.8 Å². The van der Waals surface area contributed by atoms with Crippen molar-refractivity contribution in [3.63, 3.8) is 0 Å². The number of alkyl halides is 1. The van der Waals surface area contributed by atoms with Crippen molar-refractivity contribution in [2.45, 2.75) is 70.8 Å². The summed E-state index contributed by atoms with van der Waals surface area (Å²) in [7, 11) is -0.612. The van der Waals surface area contributed by atoms with E-state index < -0.39 is 25.9 Å². The molecule has 0 spiro atoms. The van der Waals surface area contributed by atoms with Gasteiger partial charge in [-0.3, -0.25) is 4.79 Å². The van der Waals surface area contributed by atoms with Gasteiger partial charge in [0.05, 0.1) is 18.0 Å². The van der Waals surface area contributed by atoms with Crippen molar-refractivity contribution >= 4 is 36.1 Å². The monoisotopic (exact) mass is 469 g/mol. The normalized spacial score (nSPS) is 19.0. The Morgan fingerprint density at radius 1 is 1.29 bits per heavy atom.